The number of halogens is 2. The van der Waals surface area contributed by atoms with Crippen molar-refractivity contribution in [3.63, 3.8) is 0 Å². The van der Waals surface area contributed by atoms with Crippen LogP contribution >= 0.6 is 0 Å². The Morgan fingerprint density at radius 2 is 1.60 bits per heavy atom. The molecule has 0 unspecified atom stereocenters. The van der Waals surface area contributed by atoms with Crippen LogP contribution in [0.2, 0.25) is 0 Å². The predicted octanol–water partition coefficient (Wildman–Crippen LogP) is 5.58. The Kier molecular flexibility index (Phi) is 5.14. The van der Waals surface area contributed by atoms with Crippen molar-refractivity contribution >= 4 is 5.69 Å². The normalized spacial score (nSPS) is 10.7. The third-order valence-corrected chi connectivity index (χ3v) is 3.55. The van der Waals surface area contributed by atoms with Crippen LogP contribution in [0.5, 0.6) is 17.2 Å². The fraction of sp³-hybridized carbons (Fsp3) is 0.100. The first-order valence-electron chi connectivity index (χ1n) is 7.74. The standard InChI is InChI=1S/C20H17F2NO2/c21-20(22)18-11-15(23)9-10-19(18)25-17-8-4-7-16(12-17)24-13-14-5-2-1-3-6-14/h1-12,20H,13,23H2. The highest BCUT2D eigenvalue weighted by Crippen LogP contribution is 2.34. The molecule has 0 fully saturated rings. The molecule has 0 aromatic heterocycles. The fourth-order valence-corrected chi connectivity index (χ4v) is 2.33. The molecule has 0 amide bonds. The quantitative estimate of drug-likeness (QED) is 0.595. The van der Waals surface area contributed by atoms with Gasteiger partial charge >= 0.3 is 0 Å². The molecule has 2 N–H and O–H groups in total. The summed E-state index contributed by atoms with van der Waals surface area (Å²) in [4.78, 5) is 0. The summed E-state index contributed by atoms with van der Waals surface area (Å²) in [5.74, 6) is 1.08. The van der Waals surface area contributed by atoms with Gasteiger partial charge in [0.15, 0.2) is 0 Å². The molecule has 0 aliphatic carbocycles. The van der Waals surface area contributed by atoms with Crippen molar-refractivity contribution in [2.24, 2.45) is 0 Å². The summed E-state index contributed by atoms with van der Waals surface area (Å²) in [7, 11) is 0. The summed E-state index contributed by atoms with van der Waals surface area (Å²) in [6.45, 7) is 0.411. The number of alkyl halides is 2. The monoisotopic (exact) mass is 341 g/mol. The Bertz CT molecular complexity index is 838. The first-order valence-corrected chi connectivity index (χ1v) is 7.74. The van der Waals surface area contributed by atoms with E-state index in [1.54, 1.807) is 24.3 Å². The number of hydrogen-bond donors (Lipinski definition) is 1. The third-order valence-electron chi connectivity index (χ3n) is 3.55. The van der Waals surface area contributed by atoms with E-state index in [0.29, 0.717) is 18.1 Å². The van der Waals surface area contributed by atoms with Gasteiger partial charge in [-0.1, -0.05) is 36.4 Å². The summed E-state index contributed by atoms with van der Waals surface area (Å²) in [6.07, 6.45) is -2.67. The SMILES string of the molecule is Nc1ccc(Oc2cccc(OCc3ccccc3)c2)c(C(F)F)c1. The maximum atomic E-state index is 13.1. The van der Waals surface area contributed by atoms with Crippen LogP contribution in [0.15, 0.2) is 72.8 Å². The largest absolute Gasteiger partial charge is 0.489 e. The second-order valence-electron chi connectivity index (χ2n) is 5.45. The van der Waals surface area contributed by atoms with Crippen LogP contribution in [0.25, 0.3) is 0 Å². The molecule has 0 radical (unpaired) electrons. The van der Waals surface area contributed by atoms with E-state index >= 15 is 0 Å². The van der Waals surface area contributed by atoms with Crippen molar-refractivity contribution < 1.29 is 18.3 Å². The number of nitrogens with two attached hydrogens (primary N) is 1. The molecule has 0 spiro atoms. The lowest BCUT2D eigenvalue weighted by Gasteiger charge is -2.13. The molecule has 25 heavy (non-hydrogen) atoms. The van der Waals surface area contributed by atoms with Gasteiger partial charge in [-0.25, -0.2) is 8.78 Å². The van der Waals surface area contributed by atoms with E-state index in [4.69, 9.17) is 15.2 Å². The lowest BCUT2D eigenvalue weighted by Crippen LogP contribution is -1.97. The number of anilines is 1. The summed E-state index contributed by atoms with van der Waals surface area (Å²) in [6, 6.07) is 20.8. The van der Waals surface area contributed by atoms with Crippen LogP contribution in [0.1, 0.15) is 17.6 Å². The van der Waals surface area contributed by atoms with E-state index in [0.717, 1.165) is 5.56 Å². The van der Waals surface area contributed by atoms with Crippen molar-refractivity contribution in [2.45, 2.75) is 13.0 Å². The minimum Gasteiger partial charge on any atom is -0.489 e. The Morgan fingerprint density at radius 3 is 2.36 bits per heavy atom. The molecule has 3 rings (SSSR count). The number of hydrogen-bond acceptors (Lipinski definition) is 3. The second kappa shape index (κ2) is 7.66. The van der Waals surface area contributed by atoms with Crippen molar-refractivity contribution in [3.8, 4) is 17.2 Å². The van der Waals surface area contributed by atoms with Crippen molar-refractivity contribution in [3.05, 3.63) is 83.9 Å². The number of benzene rings is 3. The molecule has 5 heteroatoms. The van der Waals surface area contributed by atoms with Crippen molar-refractivity contribution in [1.82, 2.24) is 0 Å². The van der Waals surface area contributed by atoms with Gasteiger partial charge in [0.25, 0.3) is 6.43 Å². The van der Waals surface area contributed by atoms with Crippen LogP contribution in [0, 0.1) is 0 Å². The Morgan fingerprint density at radius 1 is 0.840 bits per heavy atom. The van der Waals surface area contributed by atoms with E-state index < -0.39 is 6.43 Å². The highest BCUT2D eigenvalue weighted by molar-refractivity contribution is 5.50. The van der Waals surface area contributed by atoms with E-state index in [1.807, 2.05) is 30.3 Å². The molecular formula is C20H17F2NO2. The highest BCUT2D eigenvalue weighted by Gasteiger charge is 2.15. The van der Waals surface area contributed by atoms with Crippen LogP contribution in [0.3, 0.4) is 0 Å². The van der Waals surface area contributed by atoms with Crippen LogP contribution in [-0.4, -0.2) is 0 Å². The molecule has 0 bridgehead atoms. The molecule has 3 aromatic rings. The van der Waals surface area contributed by atoms with Gasteiger partial charge in [0.2, 0.25) is 0 Å². The van der Waals surface area contributed by atoms with Crippen LogP contribution < -0.4 is 15.2 Å². The second-order valence-corrected chi connectivity index (χ2v) is 5.45. The maximum Gasteiger partial charge on any atom is 0.267 e. The zero-order chi connectivity index (χ0) is 17.6. The van der Waals surface area contributed by atoms with E-state index in [2.05, 4.69) is 0 Å². The number of rotatable bonds is 6. The van der Waals surface area contributed by atoms with Gasteiger partial charge in [0, 0.05) is 11.8 Å². The lowest BCUT2D eigenvalue weighted by atomic mass is 10.2. The molecule has 3 aromatic carbocycles. The van der Waals surface area contributed by atoms with Crippen molar-refractivity contribution in [1.29, 1.82) is 0 Å². The summed E-state index contributed by atoms with van der Waals surface area (Å²) < 4.78 is 37.6. The minimum atomic E-state index is -2.67. The molecule has 0 atom stereocenters. The maximum absolute atomic E-state index is 13.1. The Balaban J connectivity index is 1.74. The zero-order valence-corrected chi connectivity index (χ0v) is 13.4. The van der Waals surface area contributed by atoms with Crippen molar-refractivity contribution in [2.75, 3.05) is 5.73 Å². The van der Waals surface area contributed by atoms with Gasteiger partial charge in [0.05, 0.1) is 5.56 Å². The van der Waals surface area contributed by atoms with Gasteiger partial charge in [-0.15, -0.1) is 0 Å². The van der Waals surface area contributed by atoms with Gasteiger partial charge in [-0.3, -0.25) is 0 Å². The zero-order valence-electron chi connectivity index (χ0n) is 13.4. The summed E-state index contributed by atoms with van der Waals surface area (Å²) in [5.41, 5.74) is 6.63. The lowest BCUT2D eigenvalue weighted by molar-refractivity contribution is 0.148. The summed E-state index contributed by atoms with van der Waals surface area (Å²) >= 11 is 0. The Hall–Kier alpha value is -3.08. The Labute approximate surface area is 144 Å². The van der Waals surface area contributed by atoms with Gasteiger partial charge in [-0.05, 0) is 35.9 Å². The average Bonchev–Trinajstić information content (AvgIpc) is 2.62. The average molecular weight is 341 g/mol. The smallest absolute Gasteiger partial charge is 0.267 e. The van der Waals surface area contributed by atoms with Crippen LogP contribution in [-0.2, 0) is 6.61 Å². The fourth-order valence-electron chi connectivity index (χ4n) is 2.33. The number of ether oxygens (including phenoxy) is 2. The summed E-state index contributed by atoms with van der Waals surface area (Å²) in [5, 5.41) is 0. The molecular weight excluding hydrogens is 324 g/mol. The first-order chi connectivity index (χ1) is 12.1. The van der Waals surface area contributed by atoms with E-state index in [9.17, 15) is 8.78 Å². The predicted molar refractivity (Wildman–Crippen MR) is 93.1 cm³/mol. The molecule has 0 heterocycles. The molecule has 0 aliphatic heterocycles. The van der Waals surface area contributed by atoms with E-state index in [1.165, 1.54) is 18.2 Å². The van der Waals surface area contributed by atoms with E-state index in [-0.39, 0.29) is 17.0 Å². The highest BCUT2D eigenvalue weighted by atomic mass is 19.3. The molecule has 0 saturated carbocycles. The van der Waals surface area contributed by atoms with Gasteiger partial charge < -0.3 is 15.2 Å². The molecule has 3 nitrogen and oxygen atoms in total. The molecule has 0 saturated heterocycles. The molecule has 128 valence electrons. The first kappa shape index (κ1) is 16.8. The third kappa shape index (κ3) is 4.47. The van der Waals surface area contributed by atoms with Crippen LogP contribution in [0.4, 0.5) is 14.5 Å². The topological polar surface area (TPSA) is 44.5 Å². The molecule has 0 aliphatic rings. The van der Waals surface area contributed by atoms with Gasteiger partial charge in [-0.2, -0.15) is 0 Å². The minimum absolute atomic E-state index is 0.0735. The van der Waals surface area contributed by atoms with Gasteiger partial charge in [0.1, 0.15) is 23.9 Å². The number of nitrogen functional groups attached to an aromatic ring is 1.